The SMILES string of the molecule is NC(=O)C1CCN1OC(=O)c1cccnc1. The van der Waals surface area contributed by atoms with E-state index in [4.69, 9.17) is 10.6 Å². The van der Waals surface area contributed by atoms with E-state index in [1.807, 2.05) is 0 Å². The van der Waals surface area contributed by atoms with Crippen LogP contribution in [0, 0.1) is 0 Å². The largest absolute Gasteiger partial charge is 0.368 e. The minimum Gasteiger partial charge on any atom is -0.368 e. The molecule has 6 nitrogen and oxygen atoms in total. The molecular weight excluding hydrogens is 210 g/mol. The Morgan fingerprint density at radius 3 is 2.88 bits per heavy atom. The van der Waals surface area contributed by atoms with E-state index in [0.717, 1.165) is 0 Å². The Balaban J connectivity index is 1.96. The highest BCUT2D eigenvalue weighted by Crippen LogP contribution is 2.18. The molecule has 1 fully saturated rings. The summed E-state index contributed by atoms with van der Waals surface area (Å²) in [7, 11) is 0. The first-order chi connectivity index (χ1) is 7.68. The summed E-state index contributed by atoms with van der Waals surface area (Å²) in [6.45, 7) is 0.527. The standard InChI is InChI=1S/C10H11N3O3/c11-9(14)8-3-5-13(8)16-10(15)7-2-1-4-12-6-7/h1-2,4,6,8H,3,5H2,(H2,11,14). The number of carbonyl (C=O) groups excluding carboxylic acids is 2. The van der Waals surface area contributed by atoms with E-state index >= 15 is 0 Å². The summed E-state index contributed by atoms with van der Waals surface area (Å²) in [5, 5.41) is 1.29. The van der Waals surface area contributed by atoms with Crippen LogP contribution in [0.4, 0.5) is 0 Å². The molecule has 2 N–H and O–H groups in total. The number of nitrogens with zero attached hydrogens (tertiary/aromatic N) is 2. The molecule has 1 aliphatic rings. The van der Waals surface area contributed by atoms with Gasteiger partial charge in [-0.05, 0) is 18.6 Å². The van der Waals surface area contributed by atoms with Crippen molar-refractivity contribution < 1.29 is 14.4 Å². The molecule has 0 aliphatic carbocycles. The van der Waals surface area contributed by atoms with Crippen molar-refractivity contribution in [1.29, 1.82) is 0 Å². The van der Waals surface area contributed by atoms with Gasteiger partial charge in [-0.15, -0.1) is 5.06 Å². The zero-order valence-corrected chi connectivity index (χ0v) is 8.50. The van der Waals surface area contributed by atoms with Gasteiger partial charge in [-0.1, -0.05) is 0 Å². The first-order valence-corrected chi connectivity index (χ1v) is 4.87. The van der Waals surface area contributed by atoms with E-state index < -0.39 is 17.9 Å². The van der Waals surface area contributed by atoms with E-state index in [0.29, 0.717) is 18.5 Å². The minimum atomic E-state index is -0.529. The van der Waals surface area contributed by atoms with Gasteiger partial charge in [-0.3, -0.25) is 9.78 Å². The molecule has 0 bridgehead atoms. The van der Waals surface area contributed by atoms with Crippen LogP contribution in [-0.4, -0.2) is 34.5 Å². The lowest BCUT2D eigenvalue weighted by Crippen LogP contribution is -2.55. The topological polar surface area (TPSA) is 85.5 Å². The number of hydrogen-bond acceptors (Lipinski definition) is 5. The van der Waals surface area contributed by atoms with E-state index in [9.17, 15) is 9.59 Å². The average Bonchev–Trinajstić information content (AvgIpc) is 2.24. The van der Waals surface area contributed by atoms with Gasteiger partial charge in [-0.25, -0.2) is 4.79 Å². The second-order valence-corrected chi connectivity index (χ2v) is 3.47. The highest BCUT2D eigenvalue weighted by molar-refractivity contribution is 5.89. The average molecular weight is 221 g/mol. The van der Waals surface area contributed by atoms with Gasteiger partial charge in [0.05, 0.1) is 5.56 Å². The Morgan fingerprint density at radius 1 is 1.56 bits per heavy atom. The molecular formula is C10H11N3O3. The van der Waals surface area contributed by atoms with Crippen LogP contribution in [0.15, 0.2) is 24.5 Å². The zero-order chi connectivity index (χ0) is 11.5. The number of hydroxylamine groups is 2. The molecule has 84 valence electrons. The summed E-state index contributed by atoms with van der Waals surface area (Å²) in [5.41, 5.74) is 5.46. The van der Waals surface area contributed by atoms with Crippen molar-refractivity contribution in [2.24, 2.45) is 5.73 Å². The lowest BCUT2D eigenvalue weighted by molar-refractivity contribution is -0.189. The summed E-state index contributed by atoms with van der Waals surface area (Å²) < 4.78 is 0. The van der Waals surface area contributed by atoms with Gasteiger partial charge in [0.15, 0.2) is 0 Å². The van der Waals surface area contributed by atoms with Gasteiger partial charge in [0.1, 0.15) is 6.04 Å². The first kappa shape index (κ1) is 10.6. The number of aromatic nitrogens is 1. The smallest absolute Gasteiger partial charge is 0.358 e. The molecule has 1 aromatic rings. The second kappa shape index (κ2) is 4.28. The molecule has 0 saturated carbocycles. The van der Waals surface area contributed by atoms with Crippen LogP contribution in [0.1, 0.15) is 16.8 Å². The highest BCUT2D eigenvalue weighted by Gasteiger charge is 2.36. The van der Waals surface area contributed by atoms with Crippen LogP contribution in [0.2, 0.25) is 0 Å². The Labute approximate surface area is 92.0 Å². The fraction of sp³-hybridized carbons (Fsp3) is 0.300. The zero-order valence-electron chi connectivity index (χ0n) is 8.50. The third-order valence-corrected chi connectivity index (χ3v) is 2.40. The Kier molecular flexibility index (Phi) is 2.82. The van der Waals surface area contributed by atoms with Gasteiger partial charge in [-0.2, -0.15) is 0 Å². The summed E-state index contributed by atoms with van der Waals surface area (Å²) in [6.07, 6.45) is 3.59. The van der Waals surface area contributed by atoms with Crippen LogP contribution >= 0.6 is 0 Å². The molecule has 1 unspecified atom stereocenters. The quantitative estimate of drug-likeness (QED) is 0.758. The Morgan fingerprint density at radius 2 is 2.38 bits per heavy atom. The van der Waals surface area contributed by atoms with E-state index in [1.165, 1.54) is 11.3 Å². The second-order valence-electron chi connectivity index (χ2n) is 3.47. The van der Waals surface area contributed by atoms with Crippen molar-refractivity contribution in [2.45, 2.75) is 12.5 Å². The van der Waals surface area contributed by atoms with Gasteiger partial charge in [0.2, 0.25) is 5.91 Å². The molecule has 1 aromatic heterocycles. The normalized spacial score (nSPS) is 19.9. The summed E-state index contributed by atoms with van der Waals surface area (Å²) in [6, 6.07) is 2.73. The van der Waals surface area contributed by atoms with Gasteiger partial charge in [0.25, 0.3) is 0 Å². The third-order valence-electron chi connectivity index (χ3n) is 2.40. The number of amides is 1. The fourth-order valence-electron chi connectivity index (χ4n) is 1.40. The number of rotatable bonds is 3. The minimum absolute atomic E-state index is 0.345. The van der Waals surface area contributed by atoms with E-state index in [-0.39, 0.29) is 0 Å². The molecule has 6 heteroatoms. The Bertz CT molecular complexity index is 407. The van der Waals surface area contributed by atoms with Crippen molar-refractivity contribution in [3.05, 3.63) is 30.1 Å². The molecule has 1 saturated heterocycles. The molecule has 16 heavy (non-hydrogen) atoms. The maximum absolute atomic E-state index is 11.6. The third kappa shape index (κ3) is 2.01. The Hall–Kier alpha value is -1.95. The van der Waals surface area contributed by atoms with Crippen molar-refractivity contribution in [3.63, 3.8) is 0 Å². The number of pyridine rings is 1. The van der Waals surface area contributed by atoms with Crippen molar-refractivity contribution >= 4 is 11.9 Å². The lowest BCUT2D eigenvalue weighted by Gasteiger charge is -2.35. The van der Waals surface area contributed by atoms with Crippen molar-refractivity contribution in [2.75, 3.05) is 6.54 Å². The van der Waals surface area contributed by atoms with Crippen molar-refractivity contribution in [1.82, 2.24) is 10.0 Å². The van der Waals surface area contributed by atoms with Gasteiger partial charge >= 0.3 is 5.97 Å². The highest BCUT2D eigenvalue weighted by atomic mass is 16.7. The predicted octanol–water partition coefficient (Wildman–Crippen LogP) is -0.287. The van der Waals surface area contributed by atoms with E-state index in [2.05, 4.69) is 4.98 Å². The van der Waals surface area contributed by atoms with Crippen LogP contribution in [0.3, 0.4) is 0 Å². The summed E-state index contributed by atoms with van der Waals surface area (Å²) >= 11 is 0. The molecule has 0 aromatic carbocycles. The maximum atomic E-state index is 11.6. The number of hydrogen-bond donors (Lipinski definition) is 1. The summed E-state index contributed by atoms with van der Waals surface area (Å²) in [4.78, 5) is 31.2. The maximum Gasteiger partial charge on any atom is 0.358 e. The van der Waals surface area contributed by atoms with Gasteiger partial charge in [0, 0.05) is 18.9 Å². The molecule has 0 spiro atoms. The first-order valence-electron chi connectivity index (χ1n) is 4.87. The molecule has 1 atom stereocenters. The van der Waals surface area contributed by atoms with E-state index in [1.54, 1.807) is 18.3 Å². The van der Waals surface area contributed by atoms with Crippen LogP contribution in [0.25, 0.3) is 0 Å². The van der Waals surface area contributed by atoms with Crippen molar-refractivity contribution in [3.8, 4) is 0 Å². The molecule has 2 heterocycles. The number of nitrogens with two attached hydrogens (primary N) is 1. The molecule has 2 rings (SSSR count). The predicted molar refractivity (Wildman–Crippen MR) is 54.0 cm³/mol. The van der Waals surface area contributed by atoms with Crippen LogP contribution in [0.5, 0.6) is 0 Å². The number of primary amides is 1. The van der Waals surface area contributed by atoms with Crippen LogP contribution < -0.4 is 5.73 Å². The molecule has 1 amide bonds. The number of carbonyl (C=O) groups is 2. The van der Waals surface area contributed by atoms with Crippen LogP contribution in [-0.2, 0) is 9.63 Å². The van der Waals surface area contributed by atoms with Gasteiger partial charge < -0.3 is 10.6 Å². The fourth-order valence-corrected chi connectivity index (χ4v) is 1.40. The summed E-state index contributed by atoms with van der Waals surface area (Å²) in [5.74, 6) is -1.01. The monoisotopic (exact) mass is 221 g/mol. The molecule has 1 aliphatic heterocycles. The lowest BCUT2D eigenvalue weighted by atomic mass is 10.1. The molecule has 0 radical (unpaired) electrons.